The Morgan fingerprint density at radius 3 is 2.67 bits per heavy atom. The minimum atomic E-state index is -1.01. The molecule has 1 fully saturated rings. The van der Waals surface area contributed by atoms with Gasteiger partial charge in [-0.15, -0.1) is 0 Å². The number of anilines is 1. The Hall–Kier alpha value is -2.62. The highest BCUT2D eigenvalue weighted by Crippen LogP contribution is 2.40. The lowest BCUT2D eigenvalue weighted by Gasteiger charge is -2.30. The van der Waals surface area contributed by atoms with Crippen molar-refractivity contribution in [3.8, 4) is 23.0 Å². The van der Waals surface area contributed by atoms with Crippen molar-refractivity contribution in [2.75, 3.05) is 38.0 Å². The van der Waals surface area contributed by atoms with Crippen LogP contribution >= 0.6 is 11.9 Å². The Morgan fingerprint density at radius 1 is 1.15 bits per heavy atom. The van der Waals surface area contributed by atoms with Crippen LogP contribution in [0.1, 0.15) is 10.4 Å². The van der Waals surface area contributed by atoms with Gasteiger partial charge in [-0.25, -0.2) is 4.79 Å². The van der Waals surface area contributed by atoms with Gasteiger partial charge in [-0.2, -0.15) is 0 Å². The average Bonchev–Trinajstić information content (AvgIpc) is 3.16. The van der Waals surface area contributed by atoms with Crippen LogP contribution in [0.15, 0.2) is 35.2 Å². The molecule has 2 heterocycles. The van der Waals surface area contributed by atoms with Crippen molar-refractivity contribution in [2.24, 2.45) is 5.14 Å². The molecule has 3 N–H and O–H groups in total. The smallest absolute Gasteiger partial charge is 0.337 e. The van der Waals surface area contributed by atoms with Crippen molar-refractivity contribution in [1.29, 1.82) is 0 Å². The molecule has 0 amide bonds. The summed E-state index contributed by atoms with van der Waals surface area (Å²) in [6, 6.07) is 8.51. The molecule has 0 atom stereocenters. The summed E-state index contributed by atoms with van der Waals surface area (Å²) in [4.78, 5) is 14.3. The summed E-state index contributed by atoms with van der Waals surface area (Å²) in [5.41, 5.74) is 0.766. The number of fused-ring (bicyclic) bond motifs is 1. The fraction of sp³-hybridized carbons (Fsp3) is 0.278. The lowest BCUT2D eigenvalue weighted by Crippen LogP contribution is -2.37. The van der Waals surface area contributed by atoms with Gasteiger partial charge in [0.25, 0.3) is 0 Å². The first-order chi connectivity index (χ1) is 13.2. The Balaban J connectivity index is 1.71. The van der Waals surface area contributed by atoms with Crippen molar-refractivity contribution < 1.29 is 28.8 Å². The maximum Gasteiger partial charge on any atom is 0.337 e. The van der Waals surface area contributed by atoms with E-state index in [0.29, 0.717) is 59.9 Å². The molecular formula is C18H18N2O6S. The molecule has 0 bridgehead atoms. The fourth-order valence-corrected chi connectivity index (χ4v) is 3.43. The van der Waals surface area contributed by atoms with E-state index >= 15 is 0 Å². The highest BCUT2D eigenvalue weighted by Gasteiger charge is 2.23. The van der Waals surface area contributed by atoms with E-state index in [-0.39, 0.29) is 12.4 Å². The van der Waals surface area contributed by atoms with Crippen molar-refractivity contribution in [2.45, 2.75) is 4.90 Å². The van der Waals surface area contributed by atoms with Crippen LogP contribution in [0.5, 0.6) is 23.0 Å². The number of hydrogen-bond donors (Lipinski definition) is 2. The Morgan fingerprint density at radius 2 is 1.93 bits per heavy atom. The van der Waals surface area contributed by atoms with Gasteiger partial charge in [0, 0.05) is 25.2 Å². The molecule has 142 valence electrons. The number of benzene rings is 2. The Kier molecular flexibility index (Phi) is 4.97. The van der Waals surface area contributed by atoms with Gasteiger partial charge in [-0.05, 0) is 30.1 Å². The van der Waals surface area contributed by atoms with Crippen LogP contribution in [0, 0.1) is 0 Å². The molecule has 8 nitrogen and oxygen atoms in total. The number of carbonyl (C=O) groups is 1. The molecule has 2 aliphatic rings. The summed E-state index contributed by atoms with van der Waals surface area (Å²) in [5.74, 6) is 1.27. The first-order valence-corrected chi connectivity index (χ1v) is 9.22. The van der Waals surface area contributed by atoms with E-state index in [2.05, 4.69) is 0 Å². The van der Waals surface area contributed by atoms with E-state index in [4.69, 9.17) is 24.1 Å². The Bertz CT molecular complexity index is 869. The number of nitrogens with two attached hydrogens (primary N) is 1. The summed E-state index contributed by atoms with van der Waals surface area (Å²) in [7, 11) is 0. The molecule has 2 aromatic rings. The van der Waals surface area contributed by atoms with Gasteiger partial charge in [0.15, 0.2) is 11.5 Å². The van der Waals surface area contributed by atoms with Crippen LogP contribution in [0.3, 0.4) is 0 Å². The fourth-order valence-electron chi connectivity index (χ4n) is 3.03. The van der Waals surface area contributed by atoms with Crippen LogP contribution in [-0.2, 0) is 4.74 Å². The normalized spacial score (nSPS) is 15.7. The summed E-state index contributed by atoms with van der Waals surface area (Å²) < 4.78 is 22.0. The van der Waals surface area contributed by atoms with Crippen molar-refractivity contribution in [3.63, 3.8) is 0 Å². The quantitative estimate of drug-likeness (QED) is 0.746. The van der Waals surface area contributed by atoms with E-state index in [0.717, 1.165) is 11.9 Å². The second-order valence-corrected chi connectivity index (χ2v) is 6.63. The number of ether oxygens (including phenoxy) is 4. The molecule has 9 heteroatoms. The average molecular weight is 390 g/mol. The summed E-state index contributed by atoms with van der Waals surface area (Å²) in [6.07, 6.45) is 0. The third-order valence-electron chi connectivity index (χ3n) is 4.34. The van der Waals surface area contributed by atoms with Crippen LogP contribution in [0.2, 0.25) is 0 Å². The molecule has 2 aliphatic heterocycles. The van der Waals surface area contributed by atoms with Gasteiger partial charge in [-0.3, -0.25) is 5.14 Å². The number of hydrogen-bond acceptors (Lipinski definition) is 8. The van der Waals surface area contributed by atoms with E-state index in [1.54, 1.807) is 30.3 Å². The third-order valence-corrected chi connectivity index (χ3v) is 4.92. The minimum absolute atomic E-state index is 0.178. The summed E-state index contributed by atoms with van der Waals surface area (Å²) in [5, 5.41) is 15.4. The van der Waals surface area contributed by atoms with Crippen LogP contribution < -0.4 is 24.2 Å². The maximum absolute atomic E-state index is 11.8. The minimum Gasteiger partial charge on any atom is -0.478 e. The van der Waals surface area contributed by atoms with E-state index < -0.39 is 5.97 Å². The number of carboxylic acid groups (broad SMARTS) is 1. The number of nitrogens with zero attached hydrogens (tertiary/aromatic N) is 1. The molecule has 1 saturated heterocycles. The van der Waals surface area contributed by atoms with Crippen LogP contribution in [0.4, 0.5) is 5.69 Å². The molecule has 0 aliphatic carbocycles. The highest BCUT2D eigenvalue weighted by molar-refractivity contribution is 7.97. The summed E-state index contributed by atoms with van der Waals surface area (Å²) >= 11 is 0.940. The topological polar surface area (TPSA) is 103 Å². The molecular weight excluding hydrogens is 372 g/mol. The first-order valence-electron chi connectivity index (χ1n) is 8.34. The highest BCUT2D eigenvalue weighted by atomic mass is 32.2. The molecule has 27 heavy (non-hydrogen) atoms. The van der Waals surface area contributed by atoms with Crippen LogP contribution in [-0.4, -0.2) is 44.2 Å². The van der Waals surface area contributed by atoms with Gasteiger partial charge in [0.2, 0.25) is 6.79 Å². The zero-order valence-electron chi connectivity index (χ0n) is 14.3. The SMILES string of the molecule is NSc1cc(C(=O)O)c(N2CCOCC2)cc1Oc1ccc2c(c1)OCO2. The molecule has 4 rings (SSSR count). The van der Waals surface area contributed by atoms with Gasteiger partial charge in [0.05, 0.1) is 29.4 Å². The molecule has 0 radical (unpaired) electrons. The van der Waals surface area contributed by atoms with Gasteiger partial charge in [0.1, 0.15) is 11.5 Å². The molecule has 0 spiro atoms. The number of rotatable bonds is 5. The Labute approximate surface area is 159 Å². The summed E-state index contributed by atoms with van der Waals surface area (Å²) in [6.45, 7) is 2.49. The van der Waals surface area contributed by atoms with Gasteiger partial charge < -0.3 is 29.0 Å². The van der Waals surface area contributed by atoms with E-state index in [1.807, 2.05) is 4.90 Å². The second-order valence-electron chi connectivity index (χ2n) is 5.96. The van der Waals surface area contributed by atoms with E-state index in [9.17, 15) is 9.90 Å². The largest absolute Gasteiger partial charge is 0.478 e. The first kappa shape index (κ1) is 17.8. The number of morpholine rings is 1. The monoisotopic (exact) mass is 390 g/mol. The van der Waals surface area contributed by atoms with Crippen LogP contribution in [0.25, 0.3) is 0 Å². The standard InChI is InChI=1S/C18H18N2O6S/c19-27-17-8-12(18(21)22)13(20-3-5-23-6-4-20)9-16(17)26-11-1-2-14-15(7-11)25-10-24-14/h1-2,7-9H,3-6,10,19H2,(H,21,22). The number of aromatic carboxylic acids is 1. The lowest BCUT2D eigenvalue weighted by atomic mass is 10.1. The van der Waals surface area contributed by atoms with Crippen molar-refractivity contribution in [1.82, 2.24) is 0 Å². The van der Waals surface area contributed by atoms with Gasteiger partial charge >= 0.3 is 5.97 Å². The maximum atomic E-state index is 11.8. The molecule has 0 aromatic heterocycles. The predicted molar refractivity (Wildman–Crippen MR) is 99.1 cm³/mol. The van der Waals surface area contributed by atoms with Gasteiger partial charge in [-0.1, -0.05) is 0 Å². The second kappa shape index (κ2) is 7.55. The molecule has 0 unspecified atom stereocenters. The predicted octanol–water partition coefficient (Wildman–Crippen LogP) is 2.71. The van der Waals surface area contributed by atoms with Crippen molar-refractivity contribution in [3.05, 3.63) is 35.9 Å². The zero-order chi connectivity index (χ0) is 18.8. The van der Waals surface area contributed by atoms with Crippen molar-refractivity contribution >= 4 is 23.6 Å². The molecule has 0 saturated carbocycles. The van der Waals surface area contributed by atoms with E-state index in [1.165, 1.54) is 0 Å². The number of carboxylic acids is 1. The lowest BCUT2D eigenvalue weighted by molar-refractivity contribution is 0.0696. The third kappa shape index (κ3) is 3.61. The molecule has 2 aromatic carbocycles. The zero-order valence-corrected chi connectivity index (χ0v) is 15.2.